The summed E-state index contributed by atoms with van der Waals surface area (Å²) in [5.41, 5.74) is 0.465. The fourth-order valence-electron chi connectivity index (χ4n) is 2.90. The van der Waals surface area contributed by atoms with Gasteiger partial charge in [-0.25, -0.2) is 0 Å². The average Bonchev–Trinajstić information content (AvgIpc) is 3.10. The highest BCUT2D eigenvalue weighted by molar-refractivity contribution is 8.00. The van der Waals surface area contributed by atoms with Gasteiger partial charge in [0.1, 0.15) is 6.61 Å². The van der Waals surface area contributed by atoms with E-state index in [0.717, 1.165) is 0 Å². The van der Waals surface area contributed by atoms with Crippen LogP contribution >= 0.6 is 35.0 Å². The fraction of sp³-hybridized carbons (Fsp3) is 0.250. The fourth-order valence-corrected chi connectivity index (χ4v) is 4.05. The Kier molecular flexibility index (Phi) is 6.08. The summed E-state index contributed by atoms with van der Waals surface area (Å²) >= 11 is 13.4. The maximum Gasteiger partial charge on any atom is 0.237 e. The summed E-state index contributed by atoms with van der Waals surface area (Å²) in [6, 6.07) is 12.4. The monoisotopic (exact) mass is 464 g/mol. The number of nitrogens with one attached hydrogen (secondary N) is 1. The molecule has 4 rings (SSSR count). The molecule has 7 nitrogen and oxygen atoms in total. The third kappa shape index (κ3) is 4.35. The van der Waals surface area contributed by atoms with Crippen LogP contribution in [0.4, 0.5) is 5.69 Å². The maximum absolute atomic E-state index is 12.6. The van der Waals surface area contributed by atoms with Crippen LogP contribution in [0.5, 0.6) is 11.5 Å². The number of thioether (sulfide) groups is 1. The highest BCUT2D eigenvalue weighted by atomic mass is 35.5. The zero-order valence-electron chi connectivity index (χ0n) is 16.1. The van der Waals surface area contributed by atoms with E-state index in [9.17, 15) is 4.79 Å². The molecule has 0 saturated heterocycles. The predicted octanol–water partition coefficient (Wildman–Crippen LogP) is 4.75. The largest absolute Gasteiger partial charge is 0.485 e. The van der Waals surface area contributed by atoms with E-state index in [4.69, 9.17) is 32.7 Å². The minimum absolute atomic E-state index is 0.222. The molecule has 2 aromatic carbocycles. The molecule has 0 bridgehead atoms. The van der Waals surface area contributed by atoms with Gasteiger partial charge in [-0.1, -0.05) is 47.1 Å². The van der Waals surface area contributed by atoms with Crippen molar-refractivity contribution in [1.29, 1.82) is 0 Å². The summed E-state index contributed by atoms with van der Waals surface area (Å²) in [6.07, 6.45) is -0.388. The lowest BCUT2D eigenvalue weighted by Crippen LogP contribution is -2.25. The first-order valence-electron chi connectivity index (χ1n) is 9.12. The molecule has 2 heterocycles. The van der Waals surface area contributed by atoms with Crippen molar-refractivity contribution in [3.8, 4) is 11.5 Å². The van der Waals surface area contributed by atoms with Crippen molar-refractivity contribution in [3.05, 3.63) is 58.3 Å². The van der Waals surface area contributed by atoms with Crippen LogP contribution in [0.2, 0.25) is 10.0 Å². The number of halogens is 2. The molecular weight excluding hydrogens is 447 g/mol. The first kappa shape index (κ1) is 20.8. The second-order valence-corrected chi connectivity index (χ2v) is 8.79. The third-order valence-corrected chi connectivity index (χ3v) is 6.20. The van der Waals surface area contributed by atoms with E-state index in [1.807, 2.05) is 35.9 Å². The first-order chi connectivity index (χ1) is 14.4. The lowest BCUT2D eigenvalue weighted by Gasteiger charge is -2.25. The van der Waals surface area contributed by atoms with E-state index in [1.54, 1.807) is 25.1 Å². The van der Waals surface area contributed by atoms with E-state index in [1.165, 1.54) is 11.8 Å². The van der Waals surface area contributed by atoms with Crippen LogP contribution in [0.1, 0.15) is 18.9 Å². The standard InChI is InChI=1S/C20H18Cl2N4O3S/c1-11(19(27)23-14-9-12(21)7-8-13(14)22)30-20-25-24-18(26(20)2)17-10-28-15-5-3-4-6-16(15)29-17/h3-9,11,17H,10H2,1-2H3,(H,23,27). The Morgan fingerprint density at radius 3 is 2.80 bits per heavy atom. The Labute approximate surface area is 187 Å². The summed E-state index contributed by atoms with van der Waals surface area (Å²) in [7, 11) is 1.83. The number of benzene rings is 2. The molecule has 0 spiro atoms. The molecule has 2 unspecified atom stereocenters. The zero-order chi connectivity index (χ0) is 21.3. The van der Waals surface area contributed by atoms with Crippen molar-refractivity contribution in [2.24, 2.45) is 7.05 Å². The minimum atomic E-state index is -0.444. The van der Waals surface area contributed by atoms with E-state index in [-0.39, 0.29) is 12.0 Å². The van der Waals surface area contributed by atoms with Crippen LogP contribution in [-0.4, -0.2) is 32.5 Å². The SMILES string of the molecule is CC(Sc1nnc(C2COc3ccccc3O2)n1C)C(=O)Nc1cc(Cl)ccc1Cl. The molecule has 1 N–H and O–H groups in total. The molecule has 1 aliphatic heterocycles. The number of nitrogens with zero attached hydrogens (tertiary/aromatic N) is 3. The molecule has 0 aliphatic carbocycles. The van der Waals surface area contributed by atoms with Gasteiger partial charge in [0.15, 0.2) is 28.6 Å². The van der Waals surface area contributed by atoms with Crippen molar-refractivity contribution in [1.82, 2.24) is 14.8 Å². The molecule has 0 fully saturated rings. The Hall–Kier alpha value is -2.42. The van der Waals surface area contributed by atoms with Crippen LogP contribution in [0.3, 0.4) is 0 Å². The molecule has 3 aromatic rings. The molecule has 0 radical (unpaired) electrons. The molecule has 156 valence electrons. The van der Waals surface area contributed by atoms with Crippen molar-refractivity contribution in [3.63, 3.8) is 0 Å². The second-order valence-electron chi connectivity index (χ2n) is 6.64. The van der Waals surface area contributed by atoms with Gasteiger partial charge in [-0.05, 0) is 37.3 Å². The Morgan fingerprint density at radius 2 is 2.00 bits per heavy atom. The average molecular weight is 465 g/mol. The van der Waals surface area contributed by atoms with Gasteiger partial charge in [0.2, 0.25) is 5.91 Å². The summed E-state index contributed by atoms with van der Waals surface area (Å²) in [4.78, 5) is 12.6. The molecule has 1 amide bonds. The number of hydrogen-bond donors (Lipinski definition) is 1. The van der Waals surface area contributed by atoms with Gasteiger partial charge >= 0.3 is 0 Å². The number of carbonyl (C=O) groups is 1. The Bertz CT molecular complexity index is 1090. The van der Waals surface area contributed by atoms with Crippen molar-refractivity contribution < 1.29 is 14.3 Å². The number of fused-ring (bicyclic) bond motifs is 1. The second kappa shape index (κ2) is 8.75. The predicted molar refractivity (Wildman–Crippen MR) is 117 cm³/mol. The molecule has 1 aliphatic rings. The van der Waals surface area contributed by atoms with Crippen molar-refractivity contribution in [2.75, 3.05) is 11.9 Å². The van der Waals surface area contributed by atoms with Gasteiger partial charge in [-0.15, -0.1) is 10.2 Å². The topological polar surface area (TPSA) is 78.3 Å². The summed E-state index contributed by atoms with van der Waals surface area (Å²) in [6.45, 7) is 2.11. The van der Waals surface area contributed by atoms with E-state index < -0.39 is 5.25 Å². The van der Waals surface area contributed by atoms with E-state index in [2.05, 4.69) is 15.5 Å². The van der Waals surface area contributed by atoms with Crippen LogP contribution < -0.4 is 14.8 Å². The number of carbonyl (C=O) groups excluding carboxylic acids is 1. The summed E-state index contributed by atoms with van der Waals surface area (Å²) in [5, 5.41) is 12.3. The highest BCUT2D eigenvalue weighted by Gasteiger charge is 2.28. The normalized spacial score (nSPS) is 16.2. The smallest absolute Gasteiger partial charge is 0.237 e. The summed E-state index contributed by atoms with van der Waals surface area (Å²) in [5.74, 6) is 1.77. The van der Waals surface area contributed by atoms with Gasteiger partial charge < -0.3 is 19.4 Å². The van der Waals surface area contributed by atoms with E-state index >= 15 is 0 Å². The van der Waals surface area contributed by atoms with Crippen LogP contribution in [0, 0.1) is 0 Å². The number of amides is 1. The molecule has 10 heteroatoms. The Morgan fingerprint density at radius 1 is 1.23 bits per heavy atom. The van der Waals surface area contributed by atoms with Gasteiger partial charge in [0.05, 0.1) is 16.0 Å². The van der Waals surface area contributed by atoms with Gasteiger partial charge in [-0.3, -0.25) is 4.79 Å². The number of anilines is 1. The molecule has 0 saturated carbocycles. The molecular formula is C20H18Cl2N4O3S. The minimum Gasteiger partial charge on any atom is -0.485 e. The number of rotatable bonds is 5. The molecule has 1 aromatic heterocycles. The lowest BCUT2D eigenvalue weighted by molar-refractivity contribution is -0.115. The maximum atomic E-state index is 12.6. The molecule has 2 atom stereocenters. The van der Waals surface area contributed by atoms with Crippen molar-refractivity contribution in [2.45, 2.75) is 23.4 Å². The van der Waals surface area contributed by atoms with Crippen LogP contribution in [-0.2, 0) is 11.8 Å². The van der Waals surface area contributed by atoms with Gasteiger partial charge in [-0.2, -0.15) is 0 Å². The number of hydrogen-bond acceptors (Lipinski definition) is 6. The van der Waals surface area contributed by atoms with E-state index in [0.29, 0.717) is 44.8 Å². The first-order valence-corrected chi connectivity index (χ1v) is 10.8. The third-order valence-electron chi connectivity index (χ3n) is 4.50. The zero-order valence-corrected chi connectivity index (χ0v) is 18.5. The number of para-hydroxylation sites is 2. The van der Waals surface area contributed by atoms with Gasteiger partial charge in [0, 0.05) is 12.1 Å². The van der Waals surface area contributed by atoms with Crippen LogP contribution in [0.25, 0.3) is 0 Å². The van der Waals surface area contributed by atoms with Crippen LogP contribution in [0.15, 0.2) is 47.6 Å². The van der Waals surface area contributed by atoms with Crippen molar-refractivity contribution >= 4 is 46.6 Å². The lowest BCUT2D eigenvalue weighted by atomic mass is 10.2. The van der Waals surface area contributed by atoms with Gasteiger partial charge in [0.25, 0.3) is 0 Å². The quantitative estimate of drug-likeness (QED) is 0.548. The highest BCUT2D eigenvalue weighted by Crippen LogP contribution is 2.36. The number of aromatic nitrogens is 3. The number of ether oxygens (including phenoxy) is 2. The Balaban J connectivity index is 1.44. The molecule has 30 heavy (non-hydrogen) atoms. The summed E-state index contributed by atoms with van der Waals surface area (Å²) < 4.78 is 13.6.